The van der Waals surface area contributed by atoms with Gasteiger partial charge < -0.3 is 9.64 Å². The zero-order valence-corrected chi connectivity index (χ0v) is 14.7. The van der Waals surface area contributed by atoms with Crippen LogP contribution in [-0.4, -0.2) is 45.9 Å². The number of amides is 1. The van der Waals surface area contributed by atoms with E-state index in [0.29, 0.717) is 19.7 Å². The lowest BCUT2D eigenvalue weighted by Crippen LogP contribution is -2.54. The number of rotatable bonds is 3. The summed E-state index contributed by atoms with van der Waals surface area (Å²) in [5.41, 5.74) is 2.85. The van der Waals surface area contributed by atoms with Crippen LogP contribution >= 0.6 is 0 Å². The van der Waals surface area contributed by atoms with Gasteiger partial charge in [0.05, 0.1) is 37.1 Å². The molecule has 0 spiro atoms. The Bertz CT molecular complexity index is 739. The molecule has 132 valence electrons. The Morgan fingerprint density at radius 3 is 2.88 bits per heavy atom. The van der Waals surface area contributed by atoms with Crippen molar-refractivity contribution in [3.8, 4) is 0 Å². The maximum Gasteiger partial charge on any atom is 0.257 e. The summed E-state index contributed by atoms with van der Waals surface area (Å²) in [6, 6.07) is 10.4. The van der Waals surface area contributed by atoms with Crippen molar-refractivity contribution in [3.63, 3.8) is 0 Å². The highest BCUT2D eigenvalue weighted by molar-refractivity contribution is 5.95. The summed E-state index contributed by atoms with van der Waals surface area (Å²) in [5, 5.41) is 4.47. The molecule has 2 fully saturated rings. The SMILES string of the molecule is Cc1c(C(=O)N2CCO[C@@H]3CCCC[C@H]32)cnn1Cc1ccccc1. The van der Waals surface area contributed by atoms with Crippen LogP contribution in [0.5, 0.6) is 0 Å². The van der Waals surface area contributed by atoms with Crippen molar-refractivity contribution >= 4 is 5.91 Å². The fourth-order valence-corrected chi connectivity index (χ4v) is 4.08. The summed E-state index contributed by atoms with van der Waals surface area (Å²) in [6.45, 7) is 4.00. The van der Waals surface area contributed by atoms with E-state index in [1.54, 1.807) is 6.20 Å². The minimum Gasteiger partial charge on any atom is -0.374 e. The predicted octanol–water partition coefficient (Wildman–Crippen LogP) is 3.02. The van der Waals surface area contributed by atoms with E-state index in [2.05, 4.69) is 17.2 Å². The largest absolute Gasteiger partial charge is 0.374 e. The summed E-state index contributed by atoms with van der Waals surface area (Å²) in [7, 11) is 0. The molecule has 1 aliphatic carbocycles. The van der Waals surface area contributed by atoms with Crippen LogP contribution in [0.1, 0.15) is 47.3 Å². The molecule has 4 rings (SSSR count). The molecule has 2 aromatic rings. The summed E-state index contributed by atoms with van der Waals surface area (Å²) in [5.74, 6) is 0.108. The Hall–Kier alpha value is -2.14. The fraction of sp³-hybridized carbons (Fsp3) is 0.500. The van der Waals surface area contributed by atoms with Crippen LogP contribution in [0.15, 0.2) is 36.5 Å². The number of fused-ring (bicyclic) bond motifs is 1. The molecule has 5 heteroatoms. The van der Waals surface area contributed by atoms with Crippen molar-refractivity contribution in [2.45, 2.75) is 51.3 Å². The van der Waals surface area contributed by atoms with Gasteiger partial charge in [-0.2, -0.15) is 5.10 Å². The maximum absolute atomic E-state index is 13.2. The lowest BCUT2D eigenvalue weighted by molar-refractivity contribution is -0.0753. The Labute approximate surface area is 148 Å². The average Bonchev–Trinajstić information content (AvgIpc) is 3.02. The standard InChI is InChI=1S/C20H25N3O2/c1-15-17(13-21-23(15)14-16-7-3-2-4-8-16)20(24)22-11-12-25-19-10-6-5-9-18(19)22/h2-4,7-8,13,18-19H,5-6,9-12,14H2,1H3/t18-,19-/m1/s1. The zero-order valence-electron chi connectivity index (χ0n) is 14.7. The van der Waals surface area contributed by atoms with E-state index >= 15 is 0 Å². The van der Waals surface area contributed by atoms with Gasteiger partial charge in [-0.05, 0) is 25.3 Å². The first-order valence-corrected chi connectivity index (χ1v) is 9.23. The highest BCUT2D eigenvalue weighted by Gasteiger charge is 2.37. The second-order valence-corrected chi connectivity index (χ2v) is 7.05. The van der Waals surface area contributed by atoms with Gasteiger partial charge in [-0.3, -0.25) is 9.48 Å². The number of carbonyl (C=O) groups excluding carboxylic acids is 1. The molecule has 2 atom stereocenters. The molecule has 5 nitrogen and oxygen atoms in total. The third-order valence-corrected chi connectivity index (χ3v) is 5.50. The first-order chi connectivity index (χ1) is 12.2. The molecule has 1 aromatic carbocycles. The van der Waals surface area contributed by atoms with E-state index in [1.807, 2.05) is 34.7 Å². The normalized spacial score (nSPS) is 23.3. The smallest absolute Gasteiger partial charge is 0.257 e. The number of hydrogen-bond donors (Lipinski definition) is 0. The lowest BCUT2D eigenvalue weighted by atomic mass is 9.90. The number of ether oxygens (including phenoxy) is 1. The molecule has 2 aliphatic rings. The van der Waals surface area contributed by atoms with Crippen molar-refractivity contribution in [2.24, 2.45) is 0 Å². The third-order valence-electron chi connectivity index (χ3n) is 5.50. The monoisotopic (exact) mass is 339 g/mol. The predicted molar refractivity (Wildman–Crippen MR) is 95.5 cm³/mol. The molecule has 1 saturated heterocycles. The summed E-state index contributed by atoms with van der Waals surface area (Å²) in [6.07, 6.45) is 6.45. The van der Waals surface area contributed by atoms with Crippen LogP contribution in [-0.2, 0) is 11.3 Å². The quantitative estimate of drug-likeness (QED) is 0.863. The van der Waals surface area contributed by atoms with Gasteiger partial charge >= 0.3 is 0 Å². The number of nitrogens with zero attached hydrogens (tertiary/aromatic N) is 3. The molecule has 0 bridgehead atoms. The van der Waals surface area contributed by atoms with Crippen molar-refractivity contribution < 1.29 is 9.53 Å². The van der Waals surface area contributed by atoms with Crippen molar-refractivity contribution in [3.05, 3.63) is 53.3 Å². The Morgan fingerprint density at radius 2 is 2.04 bits per heavy atom. The van der Waals surface area contributed by atoms with E-state index < -0.39 is 0 Å². The van der Waals surface area contributed by atoms with E-state index in [0.717, 1.165) is 24.1 Å². The van der Waals surface area contributed by atoms with Gasteiger partial charge in [0.25, 0.3) is 5.91 Å². The fourth-order valence-electron chi connectivity index (χ4n) is 4.08. The van der Waals surface area contributed by atoms with Crippen LogP contribution in [0.2, 0.25) is 0 Å². The number of carbonyl (C=O) groups is 1. The van der Waals surface area contributed by atoms with E-state index in [1.165, 1.54) is 18.4 Å². The van der Waals surface area contributed by atoms with E-state index in [-0.39, 0.29) is 18.1 Å². The molecule has 2 heterocycles. The molecule has 1 saturated carbocycles. The van der Waals surface area contributed by atoms with Gasteiger partial charge in [0, 0.05) is 12.2 Å². The third kappa shape index (κ3) is 3.21. The van der Waals surface area contributed by atoms with E-state index in [4.69, 9.17) is 4.74 Å². The topological polar surface area (TPSA) is 47.4 Å². The Balaban J connectivity index is 1.54. The molecule has 0 unspecified atom stereocenters. The molecule has 0 radical (unpaired) electrons. The van der Waals surface area contributed by atoms with Crippen LogP contribution < -0.4 is 0 Å². The lowest BCUT2D eigenvalue weighted by Gasteiger charge is -2.43. The van der Waals surface area contributed by atoms with Gasteiger partial charge in [-0.1, -0.05) is 43.2 Å². The van der Waals surface area contributed by atoms with Gasteiger partial charge in [0.1, 0.15) is 0 Å². The minimum atomic E-state index is 0.108. The van der Waals surface area contributed by atoms with Crippen LogP contribution in [0, 0.1) is 6.92 Å². The van der Waals surface area contributed by atoms with Crippen LogP contribution in [0.4, 0.5) is 0 Å². The first-order valence-electron chi connectivity index (χ1n) is 9.23. The van der Waals surface area contributed by atoms with Gasteiger partial charge in [0.2, 0.25) is 0 Å². The number of aromatic nitrogens is 2. The summed E-state index contributed by atoms with van der Waals surface area (Å²) < 4.78 is 7.82. The highest BCUT2D eigenvalue weighted by atomic mass is 16.5. The second-order valence-electron chi connectivity index (χ2n) is 7.05. The average molecular weight is 339 g/mol. The Kier molecular flexibility index (Phi) is 4.57. The van der Waals surface area contributed by atoms with Crippen molar-refractivity contribution in [1.29, 1.82) is 0 Å². The summed E-state index contributed by atoms with van der Waals surface area (Å²) in [4.78, 5) is 15.2. The van der Waals surface area contributed by atoms with Crippen molar-refractivity contribution in [2.75, 3.05) is 13.2 Å². The second kappa shape index (κ2) is 7.00. The first kappa shape index (κ1) is 16.3. The molecule has 1 aliphatic heterocycles. The molecular formula is C20H25N3O2. The minimum absolute atomic E-state index is 0.108. The molecular weight excluding hydrogens is 314 g/mol. The molecule has 1 aromatic heterocycles. The molecule has 0 N–H and O–H groups in total. The van der Waals surface area contributed by atoms with Gasteiger partial charge in [0.15, 0.2) is 0 Å². The molecule has 25 heavy (non-hydrogen) atoms. The molecule has 1 amide bonds. The van der Waals surface area contributed by atoms with Crippen molar-refractivity contribution in [1.82, 2.24) is 14.7 Å². The van der Waals surface area contributed by atoms with Gasteiger partial charge in [-0.15, -0.1) is 0 Å². The van der Waals surface area contributed by atoms with Gasteiger partial charge in [-0.25, -0.2) is 0 Å². The number of morpholine rings is 1. The Morgan fingerprint density at radius 1 is 1.24 bits per heavy atom. The number of benzene rings is 1. The summed E-state index contributed by atoms with van der Waals surface area (Å²) >= 11 is 0. The van der Waals surface area contributed by atoms with Crippen LogP contribution in [0.25, 0.3) is 0 Å². The number of hydrogen-bond acceptors (Lipinski definition) is 3. The zero-order chi connectivity index (χ0) is 17.2. The van der Waals surface area contributed by atoms with Crippen LogP contribution in [0.3, 0.4) is 0 Å². The highest BCUT2D eigenvalue weighted by Crippen LogP contribution is 2.29. The van der Waals surface area contributed by atoms with E-state index in [9.17, 15) is 4.79 Å². The maximum atomic E-state index is 13.2.